The number of benzene rings is 2. The van der Waals surface area contributed by atoms with Crippen molar-refractivity contribution < 1.29 is 22.7 Å². The topological polar surface area (TPSA) is 76.2 Å². The number of hydrogen-bond donors (Lipinski definition) is 0. The van der Waals surface area contributed by atoms with Gasteiger partial charge in [-0.1, -0.05) is 43.2 Å². The van der Waals surface area contributed by atoms with Gasteiger partial charge in [0, 0.05) is 25.7 Å². The van der Waals surface area contributed by atoms with Crippen molar-refractivity contribution in [2.24, 2.45) is 0 Å². The Bertz CT molecular complexity index is 987. The average molecular weight is 461 g/mol. The van der Waals surface area contributed by atoms with Crippen molar-refractivity contribution in [3.8, 4) is 11.5 Å². The zero-order valence-electron chi connectivity index (χ0n) is 18.8. The monoisotopic (exact) mass is 460 g/mol. The number of carbonyl (C=O) groups excluding carboxylic acids is 1. The van der Waals surface area contributed by atoms with Gasteiger partial charge in [0.05, 0.1) is 25.7 Å². The molecule has 2 aromatic rings. The highest BCUT2D eigenvalue weighted by atomic mass is 32.2. The van der Waals surface area contributed by atoms with Crippen molar-refractivity contribution in [2.75, 3.05) is 40.4 Å². The number of amides is 1. The first kappa shape index (κ1) is 24.1. The molecule has 1 heterocycles. The molecule has 0 aliphatic carbocycles. The molecule has 1 aliphatic rings. The summed E-state index contributed by atoms with van der Waals surface area (Å²) < 4.78 is 38.9. The standard InChI is InChI=1S/C24H32N2O5S/c1-30-22-13-12-21(18-23(22)31-2)32(28,29)26(17-14-20-10-6-5-7-11-20)19-24(27)25-15-8-3-4-9-16-25/h5-7,10-13,18H,3-4,8-9,14-17,19H2,1-2H3. The van der Waals surface area contributed by atoms with Crippen molar-refractivity contribution in [3.63, 3.8) is 0 Å². The molecule has 0 atom stereocenters. The van der Waals surface area contributed by atoms with Gasteiger partial charge in [-0.15, -0.1) is 0 Å². The molecule has 2 aromatic carbocycles. The van der Waals surface area contributed by atoms with Gasteiger partial charge in [-0.05, 0) is 37.0 Å². The van der Waals surface area contributed by atoms with Crippen LogP contribution in [0.25, 0.3) is 0 Å². The maximum absolute atomic E-state index is 13.6. The van der Waals surface area contributed by atoms with E-state index in [1.54, 1.807) is 11.0 Å². The Labute approximate surface area is 191 Å². The lowest BCUT2D eigenvalue weighted by molar-refractivity contribution is -0.131. The highest BCUT2D eigenvalue weighted by Crippen LogP contribution is 2.30. The van der Waals surface area contributed by atoms with Crippen LogP contribution < -0.4 is 9.47 Å². The normalized spacial score (nSPS) is 14.8. The van der Waals surface area contributed by atoms with Gasteiger partial charge in [0.1, 0.15) is 0 Å². The first-order chi connectivity index (χ1) is 15.5. The predicted molar refractivity (Wildman–Crippen MR) is 123 cm³/mol. The summed E-state index contributed by atoms with van der Waals surface area (Å²) in [4.78, 5) is 14.9. The Kier molecular flexibility index (Phi) is 8.53. The summed E-state index contributed by atoms with van der Waals surface area (Å²) in [5, 5.41) is 0. The second-order valence-corrected chi connectivity index (χ2v) is 9.82. The lowest BCUT2D eigenvalue weighted by atomic mass is 10.1. The molecule has 3 rings (SSSR count). The molecule has 32 heavy (non-hydrogen) atoms. The number of rotatable bonds is 9. The van der Waals surface area contributed by atoms with Crippen LogP contribution in [0.5, 0.6) is 11.5 Å². The van der Waals surface area contributed by atoms with E-state index in [1.807, 2.05) is 30.3 Å². The van der Waals surface area contributed by atoms with Crippen molar-refractivity contribution >= 4 is 15.9 Å². The van der Waals surface area contributed by atoms with Crippen LogP contribution in [0.15, 0.2) is 53.4 Å². The van der Waals surface area contributed by atoms with E-state index in [-0.39, 0.29) is 23.9 Å². The highest BCUT2D eigenvalue weighted by molar-refractivity contribution is 7.89. The summed E-state index contributed by atoms with van der Waals surface area (Å²) in [6, 6.07) is 14.2. The Morgan fingerprint density at radius 3 is 2.22 bits per heavy atom. The molecule has 0 N–H and O–H groups in total. The second-order valence-electron chi connectivity index (χ2n) is 7.89. The molecule has 0 unspecified atom stereocenters. The third-order valence-electron chi connectivity index (χ3n) is 5.76. The summed E-state index contributed by atoms with van der Waals surface area (Å²) in [6.07, 6.45) is 4.63. The van der Waals surface area contributed by atoms with Crippen molar-refractivity contribution in [2.45, 2.75) is 37.0 Å². The zero-order valence-corrected chi connectivity index (χ0v) is 19.6. The number of nitrogens with zero attached hydrogens (tertiary/aromatic N) is 2. The third kappa shape index (κ3) is 6.01. The van der Waals surface area contributed by atoms with Crippen LogP contribution in [0, 0.1) is 0 Å². The van der Waals surface area contributed by atoms with E-state index in [1.165, 1.54) is 30.7 Å². The summed E-state index contributed by atoms with van der Waals surface area (Å²) in [7, 11) is -0.961. The Morgan fingerprint density at radius 1 is 0.938 bits per heavy atom. The molecule has 0 bridgehead atoms. The van der Waals surface area contributed by atoms with Gasteiger partial charge in [-0.3, -0.25) is 4.79 Å². The predicted octanol–water partition coefficient (Wildman–Crippen LogP) is 3.34. The molecule has 0 spiro atoms. The van der Waals surface area contributed by atoms with Gasteiger partial charge >= 0.3 is 0 Å². The lowest BCUT2D eigenvalue weighted by Gasteiger charge is -2.26. The third-order valence-corrected chi connectivity index (χ3v) is 7.60. The van der Waals surface area contributed by atoms with E-state index in [4.69, 9.17) is 9.47 Å². The molecule has 0 radical (unpaired) electrons. The van der Waals surface area contributed by atoms with E-state index < -0.39 is 10.0 Å². The van der Waals surface area contributed by atoms with Gasteiger partial charge in [0.2, 0.25) is 15.9 Å². The first-order valence-corrected chi connectivity index (χ1v) is 12.4. The second kappa shape index (κ2) is 11.3. The van der Waals surface area contributed by atoms with Crippen LogP contribution >= 0.6 is 0 Å². The maximum Gasteiger partial charge on any atom is 0.243 e. The Balaban J connectivity index is 1.86. The highest BCUT2D eigenvalue weighted by Gasteiger charge is 2.29. The van der Waals surface area contributed by atoms with Crippen molar-refractivity contribution in [1.82, 2.24) is 9.21 Å². The van der Waals surface area contributed by atoms with Gasteiger partial charge in [-0.2, -0.15) is 4.31 Å². The van der Waals surface area contributed by atoms with Crippen molar-refractivity contribution in [1.29, 1.82) is 0 Å². The summed E-state index contributed by atoms with van der Waals surface area (Å²) in [5.74, 6) is 0.627. The average Bonchev–Trinajstić information content (AvgIpc) is 3.11. The molecular formula is C24H32N2O5S. The Hall–Kier alpha value is -2.58. The van der Waals surface area contributed by atoms with Gasteiger partial charge in [0.15, 0.2) is 11.5 Å². The molecule has 174 valence electrons. The largest absolute Gasteiger partial charge is 0.493 e. The number of carbonyl (C=O) groups is 1. The maximum atomic E-state index is 13.6. The van der Waals surface area contributed by atoms with Crippen LogP contribution in [0.4, 0.5) is 0 Å². The zero-order chi connectivity index (χ0) is 23.0. The first-order valence-electron chi connectivity index (χ1n) is 11.0. The van der Waals surface area contributed by atoms with E-state index in [9.17, 15) is 13.2 Å². The summed E-state index contributed by atoms with van der Waals surface area (Å²) in [6.45, 7) is 1.40. The minimum absolute atomic E-state index is 0.0758. The number of methoxy groups -OCH3 is 2. The fourth-order valence-electron chi connectivity index (χ4n) is 3.88. The summed E-state index contributed by atoms with van der Waals surface area (Å²) in [5.41, 5.74) is 1.02. The number of sulfonamides is 1. The minimum Gasteiger partial charge on any atom is -0.493 e. The van der Waals surface area contributed by atoms with E-state index >= 15 is 0 Å². The van der Waals surface area contributed by atoms with Crippen LogP contribution in [-0.4, -0.2) is 63.9 Å². The van der Waals surface area contributed by atoms with Crippen LogP contribution in [0.2, 0.25) is 0 Å². The SMILES string of the molecule is COc1ccc(S(=O)(=O)N(CCc2ccccc2)CC(=O)N2CCCCCC2)cc1OC. The molecule has 0 aromatic heterocycles. The van der Waals surface area contributed by atoms with Crippen LogP contribution in [0.3, 0.4) is 0 Å². The van der Waals surface area contributed by atoms with Gasteiger partial charge < -0.3 is 14.4 Å². The van der Waals surface area contributed by atoms with Crippen LogP contribution in [0.1, 0.15) is 31.2 Å². The molecule has 8 heteroatoms. The van der Waals surface area contributed by atoms with Gasteiger partial charge in [-0.25, -0.2) is 8.42 Å². The number of likely N-dealkylation sites (tertiary alicyclic amines) is 1. The van der Waals surface area contributed by atoms with Crippen LogP contribution in [-0.2, 0) is 21.2 Å². The molecule has 1 aliphatic heterocycles. The smallest absolute Gasteiger partial charge is 0.243 e. The molecule has 0 saturated carbocycles. The molecule has 7 nitrogen and oxygen atoms in total. The van der Waals surface area contributed by atoms with E-state index in [0.29, 0.717) is 31.0 Å². The van der Waals surface area contributed by atoms with Gasteiger partial charge in [0.25, 0.3) is 0 Å². The fourth-order valence-corrected chi connectivity index (χ4v) is 5.29. The quantitative estimate of drug-likeness (QED) is 0.574. The minimum atomic E-state index is -3.92. The number of ether oxygens (including phenoxy) is 2. The fraction of sp³-hybridized carbons (Fsp3) is 0.458. The summed E-state index contributed by atoms with van der Waals surface area (Å²) >= 11 is 0. The Morgan fingerprint density at radius 2 is 1.59 bits per heavy atom. The molecule has 1 amide bonds. The lowest BCUT2D eigenvalue weighted by Crippen LogP contribution is -2.44. The van der Waals surface area contributed by atoms with E-state index in [2.05, 4.69) is 0 Å². The molecule has 1 fully saturated rings. The molecular weight excluding hydrogens is 428 g/mol. The molecule has 1 saturated heterocycles. The van der Waals surface area contributed by atoms with Crippen molar-refractivity contribution in [3.05, 3.63) is 54.1 Å². The number of hydrogen-bond acceptors (Lipinski definition) is 5. The van der Waals surface area contributed by atoms with E-state index in [0.717, 1.165) is 31.2 Å².